The van der Waals surface area contributed by atoms with E-state index < -0.39 is 11.5 Å². The summed E-state index contributed by atoms with van der Waals surface area (Å²) in [6.45, 7) is 7.62. The summed E-state index contributed by atoms with van der Waals surface area (Å²) in [6.07, 6.45) is 5.36. The summed E-state index contributed by atoms with van der Waals surface area (Å²) >= 11 is 0. The molecule has 0 unspecified atom stereocenters. The van der Waals surface area contributed by atoms with Crippen LogP contribution in [0.25, 0.3) is 22.0 Å². The first-order chi connectivity index (χ1) is 22.6. The maximum atomic E-state index is 14.9. The summed E-state index contributed by atoms with van der Waals surface area (Å²) < 4.78 is 7.94. The molecule has 8 heteroatoms. The summed E-state index contributed by atoms with van der Waals surface area (Å²) in [5, 5.41) is 1.11. The zero-order valence-electron chi connectivity index (χ0n) is 27.7. The zero-order chi connectivity index (χ0) is 33.1. The number of nitrogens with two attached hydrogens (primary N) is 1. The van der Waals surface area contributed by atoms with Gasteiger partial charge in [0.2, 0.25) is 11.8 Å². The molecule has 1 aromatic heterocycles. The summed E-state index contributed by atoms with van der Waals surface area (Å²) in [7, 11) is 0. The highest BCUT2D eigenvalue weighted by atomic mass is 16.6. The predicted molar refractivity (Wildman–Crippen MR) is 184 cm³/mol. The van der Waals surface area contributed by atoms with Gasteiger partial charge in [0.15, 0.2) is 0 Å². The number of para-hydroxylation sites is 1. The quantitative estimate of drug-likeness (QED) is 0.201. The van der Waals surface area contributed by atoms with Gasteiger partial charge >= 0.3 is 6.09 Å². The standard InChI is InChI=1S/C39H46N4O4/c1-39(2,3)47-38(46)42-22-20-32(29-14-9-13-28(23-29)27-11-5-4-6-12-27)34(26-42)37(45)43(31-18-19-31)25-30-24-41(21-10-17-36(40)44)35-16-8-7-15-33(30)35/h4-9,11-16,23-24,31-32,34H,10,17-22,25-26H2,1-3H3,(H2,40,44)/t32-,34+/m1/s1. The first-order valence-corrected chi connectivity index (χ1v) is 16.9. The molecular formula is C39H46N4O4. The number of piperidine rings is 1. The number of ether oxygens (including phenoxy) is 1. The van der Waals surface area contributed by atoms with E-state index in [4.69, 9.17) is 10.5 Å². The molecule has 4 aromatic rings. The lowest BCUT2D eigenvalue weighted by molar-refractivity contribution is -0.139. The van der Waals surface area contributed by atoms with E-state index in [1.165, 1.54) is 0 Å². The predicted octanol–water partition coefficient (Wildman–Crippen LogP) is 7.11. The highest BCUT2D eigenvalue weighted by Crippen LogP contribution is 2.40. The molecule has 1 saturated carbocycles. The first-order valence-electron chi connectivity index (χ1n) is 16.9. The number of hydrogen-bond acceptors (Lipinski definition) is 4. The number of aromatic nitrogens is 1. The van der Waals surface area contributed by atoms with Crippen molar-refractivity contribution in [2.45, 2.75) is 83.5 Å². The molecule has 0 spiro atoms. The smallest absolute Gasteiger partial charge is 0.410 e. The van der Waals surface area contributed by atoms with Crippen LogP contribution in [0.2, 0.25) is 0 Å². The Bertz CT molecular complexity index is 1740. The third-order valence-corrected chi connectivity index (χ3v) is 9.31. The number of amides is 3. The van der Waals surface area contributed by atoms with Crippen LogP contribution in [-0.2, 0) is 27.4 Å². The minimum atomic E-state index is -0.622. The molecule has 1 aliphatic carbocycles. The Kier molecular flexibility index (Phi) is 9.39. The van der Waals surface area contributed by atoms with Gasteiger partial charge in [-0.1, -0.05) is 72.8 Å². The number of primary amides is 1. The SMILES string of the molecule is CC(C)(C)OC(=O)N1CC[C@H](c2cccc(-c3ccccc3)c2)[C@@H](C(=O)N(Cc2cn(CCCC(N)=O)c3ccccc23)C2CC2)C1. The average Bonchev–Trinajstić information content (AvgIpc) is 3.85. The molecule has 1 aliphatic heterocycles. The van der Waals surface area contributed by atoms with Crippen LogP contribution in [0, 0.1) is 5.92 Å². The number of likely N-dealkylation sites (tertiary alicyclic amines) is 1. The van der Waals surface area contributed by atoms with Crippen LogP contribution >= 0.6 is 0 Å². The molecule has 246 valence electrons. The highest BCUT2D eigenvalue weighted by molar-refractivity contribution is 5.86. The third kappa shape index (κ3) is 7.70. The van der Waals surface area contributed by atoms with Crippen LogP contribution < -0.4 is 5.73 Å². The minimum absolute atomic E-state index is 0.0405. The summed E-state index contributed by atoms with van der Waals surface area (Å²) in [4.78, 5) is 43.3. The lowest BCUT2D eigenvalue weighted by Crippen LogP contribution is -2.51. The maximum Gasteiger partial charge on any atom is 0.410 e. The van der Waals surface area contributed by atoms with E-state index in [1.54, 1.807) is 4.90 Å². The number of carbonyl (C=O) groups is 3. The molecule has 3 aromatic carbocycles. The number of fused-ring (bicyclic) bond motifs is 1. The molecule has 2 N–H and O–H groups in total. The Balaban J connectivity index is 1.31. The molecule has 0 radical (unpaired) electrons. The monoisotopic (exact) mass is 634 g/mol. The van der Waals surface area contributed by atoms with Gasteiger partial charge in [0.1, 0.15) is 5.60 Å². The second kappa shape index (κ2) is 13.6. The minimum Gasteiger partial charge on any atom is -0.444 e. The van der Waals surface area contributed by atoms with E-state index in [1.807, 2.05) is 51.1 Å². The van der Waals surface area contributed by atoms with Gasteiger partial charge in [-0.3, -0.25) is 9.59 Å². The average molecular weight is 635 g/mol. The Morgan fingerprint density at radius 3 is 2.36 bits per heavy atom. The third-order valence-electron chi connectivity index (χ3n) is 9.31. The van der Waals surface area contributed by atoms with Crippen molar-refractivity contribution in [3.8, 4) is 11.1 Å². The molecule has 2 heterocycles. The van der Waals surface area contributed by atoms with Crippen molar-refractivity contribution in [3.63, 3.8) is 0 Å². The molecule has 1 saturated heterocycles. The van der Waals surface area contributed by atoms with Gasteiger partial charge < -0.3 is 24.8 Å². The van der Waals surface area contributed by atoms with Crippen molar-refractivity contribution in [2.75, 3.05) is 13.1 Å². The van der Waals surface area contributed by atoms with Crippen LogP contribution in [0.1, 0.15) is 69.9 Å². The van der Waals surface area contributed by atoms with Crippen molar-refractivity contribution in [3.05, 3.63) is 96.2 Å². The second-order valence-corrected chi connectivity index (χ2v) is 14.1. The Hall–Kier alpha value is -4.59. The van der Waals surface area contributed by atoms with E-state index in [-0.39, 0.29) is 29.9 Å². The van der Waals surface area contributed by atoms with E-state index in [0.29, 0.717) is 45.4 Å². The van der Waals surface area contributed by atoms with Crippen molar-refractivity contribution in [2.24, 2.45) is 11.7 Å². The normalized spacial score (nSPS) is 18.2. The first kappa shape index (κ1) is 32.4. The largest absolute Gasteiger partial charge is 0.444 e. The molecule has 0 bridgehead atoms. The summed E-state index contributed by atoms with van der Waals surface area (Å²) in [5.74, 6) is -0.668. The molecule has 2 fully saturated rings. The van der Waals surface area contributed by atoms with Gasteiger partial charge in [-0.15, -0.1) is 0 Å². The van der Waals surface area contributed by atoms with Gasteiger partial charge in [-0.25, -0.2) is 4.79 Å². The number of carbonyl (C=O) groups excluding carboxylic acids is 3. The van der Waals surface area contributed by atoms with Crippen LogP contribution in [0.4, 0.5) is 4.79 Å². The maximum absolute atomic E-state index is 14.9. The number of benzene rings is 3. The fourth-order valence-corrected chi connectivity index (χ4v) is 6.90. The van der Waals surface area contributed by atoms with Gasteiger partial charge in [-0.05, 0) is 80.7 Å². The summed E-state index contributed by atoms with van der Waals surface area (Å²) in [6, 6.07) is 27.2. The van der Waals surface area contributed by atoms with E-state index in [0.717, 1.165) is 46.0 Å². The molecule has 2 atom stereocenters. The van der Waals surface area contributed by atoms with E-state index in [9.17, 15) is 14.4 Å². The van der Waals surface area contributed by atoms with E-state index >= 15 is 0 Å². The van der Waals surface area contributed by atoms with Crippen molar-refractivity contribution < 1.29 is 19.1 Å². The molecule has 2 aliphatic rings. The molecule has 6 rings (SSSR count). The molecule has 8 nitrogen and oxygen atoms in total. The van der Waals surface area contributed by atoms with E-state index in [2.05, 4.69) is 64.2 Å². The fraction of sp³-hybridized carbons (Fsp3) is 0.410. The van der Waals surface area contributed by atoms with Gasteiger partial charge in [0.05, 0.1) is 5.92 Å². The summed E-state index contributed by atoms with van der Waals surface area (Å²) in [5.41, 5.74) is 10.3. The topological polar surface area (TPSA) is 97.9 Å². The second-order valence-electron chi connectivity index (χ2n) is 14.1. The van der Waals surface area contributed by atoms with Gasteiger partial charge in [0, 0.05) is 55.7 Å². The van der Waals surface area contributed by atoms with Crippen LogP contribution in [0.5, 0.6) is 0 Å². The number of hydrogen-bond donors (Lipinski definition) is 1. The zero-order valence-corrected chi connectivity index (χ0v) is 27.7. The fourth-order valence-electron chi connectivity index (χ4n) is 6.90. The van der Waals surface area contributed by atoms with Crippen molar-refractivity contribution >= 4 is 28.8 Å². The highest BCUT2D eigenvalue weighted by Gasteiger charge is 2.43. The van der Waals surface area contributed by atoms with Crippen LogP contribution in [0.3, 0.4) is 0 Å². The number of nitrogens with zero attached hydrogens (tertiary/aromatic N) is 3. The van der Waals surface area contributed by atoms with Crippen LogP contribution in [-0.4, -0.2) is 57.0 Å². The number of rotatable bonds is 10. The van der Waals surface area contributed by atoms with Crippen molar-refractivity contribution in [1.82, 2.24) is 14.4 Å². The lowest BCUT2D eigenvalue weighted by atomic mass is 9.79. The molecule has 47 heavy (non-hydrogen) atoms. The Labute approximate surface area is 277 Å². The Morgan fingerprint density at radius 1 is 0.915 bits per heavy atom. The van der Waals surface area contributed by atoms with Gasteiger partial charge in [0.25, 0.3) is 0 Å². The Morgan fingerprint density at radius 2 is 1.64 bits per heavy atom. The molecular weight excluding hydrogens is 588 g/mol. The number of aryl methyl sites for hydroxylation is 1. The molecule has 3 amide bonds. The van der Waals surface area contributed by atoms with Crippen molar-refractivity contribution in [1.29, 1.82) is 0 Å². The van der Waals surface area contributed by atoms with Crippen LogP contribution in [0.15, 0.2) is 85.1 Å². The lowest BCUT2D eigenvalue weighted by Gasteiger charge is -2.40. The van der Waals surface area contributed by atoms with Gasteiger partial charge in [-0.2, -0.15) is 0 Å².